The van der Waals surface area contributed by atoms with Crippen molar-refractivity contribution in [1.82, 2.24) is 5.06 Å². The van der Waals surface area contributed by atoms with Gasteiger partial charge in [0.2, 0.25) is 0 Å². The summed E-state index contributed by atoms with van der Waals surface area (Å²) in [6, 6.07) is 0. The van der Waals surface area contributed by atoms with Gasteiger partial charge >= 0.3 is 0 Å². The molecule has 0 saturated heterocycles. The van der Waals surface area contributed by atoms with Crippen molar-refractivity contribution >= 4 is 17.3 Å². The summed E-state index contributed by atoms with van der Waals surface area (Å²) in [6.07, 6.45) is 1.64. The Morgan fingerprint density at radius 2 is 2.50 bits per heavy atom. The van der Waals surface area contributed by atoms with Crippen molar-refractivity contribution < 1.29 is 4.84 Å². The summed E-state index contributed by atoms with van der Waals surface area (Å²) in [4.78, 5) is 5.05. The fourth-order valence-electron chi connectivity index (χ4n) is 0.453. The lowest BCUT2D eigenvalue weighted by atomic mass is 10.7. The smallest absolute Gasteiger partial charge is 0.190 e. The molecule has 0 aliphatic rings. The molecule has 0 aromatic rings. The van der Waals surface area contributed by atoms with E-state index in [1.54, 1.807) is 6.08 Å². The molecule has 0 saturated carbocycles. The topological polar surface area (TPSA) is 38.5 Å². The van der Waals surface area contributed by atoms with Gasteiger partial charge in [-0.1, -0.05) is 6.08 Å². The summed E-state index contributed by atoms with van der Waals surface area (Å²) < 4.78 is 0. The van der Waals surface area contributed by atoms with Crippen LogP contribution >= 0.6 is 12.2 Å². The molecule has 0 heterocycles. The molecular weight excluding hydrogens is 148 g/mol. The molecule has 0 aliphatic carbocycles. The molecule has 0 aromatic heterocycles. The van der Waals surface area contributed by atoms with Crippen LogP contribution in [0.25, 0.3) is 0 Å². The number of hydroxylamine groups is 2. The van der Waals surface area contributed by atoms with Gasteiger partial charge in [-0.15, -0.1) is 6.58 Å². The minimum atomic E-state index is 0.254. The van der Waals surface area contributed by atoms with Crippen LogP contribution < -0.4 is 5.73 Å². The first-order chi connectivity index (χ1) is 4.72. The Labute approximate surface area is 66.4 Å². The van der Waals surface area contributed by atoms with Crippen molar-refractivity contribution in [2.75, 3.05) is 13.2 Å². The average molecular weight is 160 g/mol. The first-order valence-corrected chi connectivity index (χ1v) is 3.44. The Bertz CT molecular complexity index is 127. The van der Waals surface area contributed by atoms with Crippen LogP contribution in [0.3, 0.4) is 0 Å². The second-order valence-corrected chi connectivity index (χ2v) is 2.04. The molecule has 3 nitrogen and oxygen atoms in total. The monoisotopic (exact) mass is 160 g/mol. The number of nitrogens with zero attached hydrogens (tertiary/aromatic N) is 1. The van der Waals surface area contributed by atoms with Crippen LogP contribution in [0, 0.1) is 0 Å². The molecule has 0 aliphatic heterocycles. The molecule has 0 aromatic carbocycles. The molecular formula is C6H12N2OS. The molecule has 0 bridgehead atoms. The summed E-state index contributed by atoms with van der Waals surface area (Å²) in [5.74, 6) is 0. The zero-order valence-electron chi connectivity index (χ0n) is 6.04. The maximum atomic E-state index is 5.29. The molecule has 10 heavy (non-hydrogen) atoms. The first-order valence-electron chi connectivity index (χ1n) is 3.03. The van der Waals surface area contributed by atoms with Crippen molar-refractivity contribution in [1.29, 1.82) is 0 Å². The van der Waals surface area contributed by atoms with E-state index < -0.39 is 0 Å². The normalized spacial score (nSPS) is 8.90. The summed E-state index contributed by atoms with van der Waals surface area (Å²) in [5, 5.41) is 1.70. The van der Waals surface area contributed by atoms with Crippen LogP contribution in [-0.4, -0.2) is 23.3 Å². The molecule has 0 spiro atoms. The predicted molar refractivity (Wildman–Crippen MR) is 45.3 cm³/mol. The van der Waals surface area contributed by atoms with E-state index in [2.05, 4.69) is 18.8 Å². The highest BCUT2D eigenvalue weighted by atomic mass is 32.1. The van der Waals surface area contributed by atoms with Gasteiger partial charge in [-0.2, -0.15) is 0 Å². The Kier molecular flexibility index (Phi) is 4.88. The van der Waals surface area contributed by atoms with Crippen LogP contribution in [0.2, 0.25) is 0 Å². The summed E-state index contributed by atoms with van der Waals surface area (Å²) in [6.45, 7) is 6.49. The minimum absolute atomic E-state index is 0.254. The maximum absolute atomic E-state index is 5.29. The van der Waals surface area contributed by atoms with Gasteiger partial charge in [-0.3, -0.25) is 4.84 Å². The van der Waals surface area contributed by atoms with Gasteiger partial charge < -0.3 is 5.73 Å². The van der Waals surface area contributed by atoms with Crippen LogP contribution in [0.15, 0.2) is 12.7 Å². The van der Waals surface area contributed by atoms with Gasteiger partial charge in [0.15, 0.2) is 5.11 Å². The average Bonchev–Trinajstić information content (AvgIpc) is 1.89. The fourth-order valence-corrected chi connectivity index (χ4v) is 0.635. The van der Waals surface area contributed by atoms with Crippen LogP contribution in [0.5, 0.6) is 0 Å². The van der Waals surface area contributed by atoms with Crippen LogP contribution in [0.1, 0.15) is 6.92 Å². The van der Waals surface area contributed by atoms with E-state index >= 15 is 0 Å². The highest BCUT2D eigenvalue weighted by Gasteiger charge is 2.00. The largest absolute Gasteiger partial charge is 0.374 e. The van der Waals surface area contributed by atoms with E-state index in [0.29, 0.717) is 13.2 Å². The molecule has 0 fully saturated rings. The minimum Gasteiger partial charge on any atom is -0.374 e. The van der Waals surface area contributed by atoms with Gasteiger partial charge in [-0.25, -0.2) is 5.06 Å². The van der Waals surface area contributed by atoms with Crippen molar-refractivity contribution in [3.63, 3.8) is 0 Å². The Morgan fingerprint density at radius 3 is 2.80 bits per heavy atom. The molecule has 0 amide bonds. The Hall–Kier alpha value is -0.610. The van der Waals surface area contributed by atoms with Crippen LogP contribution in [0.4, 0.5) is 0 Å². The molecule has 0 radical (unpaired) electrons. The van der Waals surface area contributed by atoms with Crippen molar-refractivity contribution in [3.05, 3.63) is 12.7 Å². The van der Waals surface area contributed by atoms with Gasteiger partial charge in [0.25, 0.3) is 0 Å². The van der Waals surface area contributed by atoms with E-state index in [4.69, 9.17) is 10.6 Å². The lowest BCUT2D eigenvalue weighted by molar-refractivity contribution is -0.0802. The van der Waals surface area contributed by atoms with Gasteiger partial charge in [0, 0.05) is 6.54 Å². The SMILES string of the molecule is C=CCON(CC)C(N)=S. The summed E-state index contributed by atoms with van der Waals surface area (Å²) >= 11 is 4.67. The van der Waals surface area contributed by atoms with E-state index in [1.807, 2.05) is 6.92 Å². The fraction of sp³-hybridized carbons (Fsp3) is 0.500. The third-order valence-corrected chi connectivity index (χ3v) is 1.08. The predicted octanol–water partition coefficient (Wildman–Crippen LogP) is 0.670. The number of hydrogen-bond acceptors (Lipinski definition) is 2. The highest BCUT2D eigenvalue weighted by Crippen LogP contribution is 1.88. The Morgan fingerprint density at radius 1 is 1.90 bits per heavy atom. The van der Waals surface area contributed by atoms with E-state index in [9.17, 15) is 0 Å². The van der Waals surface area contributed by atoms with Crippen molar-refractivity contribution in [2.45, 2.75) is 6.92 Å². The van der Waals surface area contributed by atoms with E-state index in [0.717, 1.165) is 0 Å². The van der Waals surface area contributed by atoms with E-state index in [1.165, 1.54) is 5.06 Å². The number of nitrogens with two attached hydrogens (primary N) is 1. The highest BCUT2D eigenvalue weighted by molar-refractivity contribution is 7.80. The molecule has 2 N–H and O–H groups in total. The molecule has 0 rings (SSSR count). The van der Waals surface area contributed by atoms with Crippen LogP contribution in [-0.2, 0) is 4.84 Å². The van der Waals surface area contributed by atoms with Gasteiger partial charge in [-0.05, 0) is 19.1 Å². The number of hydrogen-bond donors (Lipinski definition) is 1. The van der Waals surface area contributed by atoms with Gasteiger partial charge in [0.1, 0.15) is 0 Å². The maximum Gasteiger partial charge on any atom is 0.190 e. The van der Waals surface area contributed by atoms with E-state index in [-0.39, 0.29) is 5.11 Å². The standard InChI is InChI=1S/C6H12N2OS/c1-3-5-9-8(4-2)6(7)10/h3H,1,4-5H2,2H3,(H2,7,10). The van der Waals surface area contributed by atoms with Crippen molar-refractivity contribution in [2.24, 2.45) is 5.73 Å². The Balaban J connectivity index is 3.60. The molecule has 0 atom stereocenters. The first kappa shape index (κ1) is 9.39. The second-order valence-electron chi connectivity index (χ2n) is 1.62. The lowest BCUT2D eigenvalue weighted by Gasteiger charge is -2.18. The molecule has 4 heteroatoms. The molecule has 0 unspecified atom stereocenters. The summed E-state index contributed by atoms with van der Waals surface area (Å²) in [5.41, 5.74) is 5.29. The lowest BCUT2D eigenvalue weighted by Crippen LogP contribution is -2.35. The third-order valence-electron chi connectivity index (χ3n) is 0.881. The molecule has 58 valence electrons. The third kappa shape index (κ3) is 3.42. The zero-order chi connectivity index (χ0) is 7.98. The van der Waals surface area contributed by atoms with Gasteiger partial charge in [0.05, 0.1) is 6.61 Å². The summed E-state index contributed by atoms with van der Waals surface area (Å²) in [7, 11) is 0. The zero-order valence-corrected chi connectivity index (χ0v) is 6.86. The van der Waals surface area contributed by atoms with Crippen molar-refractivity contribution in [3.8, 4) is 0 Å². The second kappa shape index (κ2) is 5.20. The number of rotatable bonds is 4. The number of thiocarbonyl (C=S) groups is 1. The quantitative estimate of drug-likeness (QED) is 0.373.